The number of carbonyl (C=O) groups excluding carboxylic acids is 1. The van der Waals surface area contributed by atoms with Crippen LogP contribution < -0.4 is 16.0 Å². The summed E-state index contributed by atoms with van der Waals surface area (Å²) in [7, 11) is 0. The van der Waals surface area contributed by atoms with Crippen LogP contribution in [0.25, 0.3) is 0 Å². The minimum atomic E-state index is -0.0542. The van der Waals surface area contributed by atoms with Gasteiger partial charge in [-0.3, -0.25) is 9.79 Å². The number of guanidine groups is 1. The van der Waals surface area contributed by atoms with Crippen molar-refractivity contribution in [2.45, 2.75) is 20.3 Å². The monoisotopic (exact) mass is 480 g/mol. The van der Waals surface area contributed by atoms with E-state index in [-0.39, 0.29) is 29.9 Å². The molecule has 27 heavy (non-hydrogen) atoms. The number of aryl methyl sites for hydroxylation is 1. The molecule has 2 aromatic rings. The predicted molar refractivity (Wildman–Crippen MR) is 123 cm³/mol. The van der Waals surface area contributed by atoms with Crippen molar-refractivity contribution in [2.24, 2.45) is 4.99 Å². The molecule has 0 spiro atoms. The van der Waals surface area contributed by atoms with Crippen LogP contribution in [0.3, 0.4) is 0 Å². The third-order valence-corrected chi connectivity index (χ3v) is 3.84. The van der Waals surface area contributed by atoms with Crippen LogP contribution in [0.5, 0.6) is 0 Å². The normalized spacial score (nSPS) is 10.7. The molecule has 0 unspecified atom stereocenters. The van der Waals surface area contributed by atoms with Gasteiger partial charge in [-0.2, -0.15) is 0 Å². The summed E-state index contributed by atoms with van der Waals surface area (Å²) in [4.78, 5) is 16.7. The summed E-state index contributed by atoms with van der Waals surface area (Å²) in [6.07, 6.45) is 0.904. The maximum Gasteiger partial charge on any atom is 0.251 e. The molecule has 1 amide bonds. The van der Waals surface area contributed by atoms with Gasteiger partial charge in [0.15, 0.2) is 5.96 Å². The third kappa shape index (κ3) is 8.90. The summed E-state index contributed by atoms with van der Waals surface area (Å²) in [5.41, 5.74) is 3.04. The highest BCUT2D eigenvalue weighted by Gasteiger charge is 2.04. The maximum atomic E-state index is 12.1. The van der Waals surface area contributed by atoms with Gasteiger partial charge in [0.1, 0.15) is 0 Å². The van der Waals surface area contributed by atoms with Crippen LogP contribution in [-0.4, -0.2) is 38.0 Å². The standard InChI is InChI=1S/C21H28N4O.HI/c1-3-22-21(24-13-12-18-9-5-4-6-10-18)25-15-14-23-20(26)19-11-7-8-17(2)16-19;/h4-11,16H,3,12-15H2,1-2H3,(H,23,26)(H2,22,24,25);1H. The van der Waals surface area contributed by atoms with Gasteiger partial charge in [-0.05, 0) is 38.0 Å². The zero-order valence-corrected chi connectivity index (χ0v) is 18.3. The molecule has 0 aliphatic heterocycles. The fraction of sp³-hybridized carbons (Fsp3) is 0.333. The minimum absolute atomic E-state index is 0. The Morgan fingerprint density at radius 1 is 0.963 bits per heavy atom. The van der Waals surface area contributed by atoms with Crippen molar-refractivity contribution in [2.75, 3.05) is 26.2 Å². The fourth-order valence-electron chi connectivity index (χ4n) is 2.53. The van der Waals surface area contributed by atoms with Crippen LogP contribution in [0, 0.1) is 6.92 Å². The first-order valence-electron chi connectivity index (χ1n) is 9.10. The molecule has 0 saturated carbocycles. The molecular formula is C21H29IN4O. The van der Waals surface area contributed by atoms with Crippen molar-refractivity contribution in [3.63, 3.8) is 0 Å². The second-order valence-electron chi connectivity index (χ2n) is 6.05. The van der Waals surface area contributed by atoms with Crippen molar-refractivity contribution < 1.29 is 4.79 Å². The highest BCUT2D eigenvalue weighted by Crippen LogP contribution is 2.03. The van der Waals surface area contributed by atoms with E-state index < -0.39 is 0 Å². The van der Waals surface area contributed by atoms with Crippen LogP contribution in [0.1, 0.15) is 28.4 Å². The van der Waals surface area contributed by atoms with E-state index in [9.17, 15) is 4.79 Å². The average molecular weight is 480 g/mol. The largest absolute Gasteiger partial charge is 0.357 e. The van der Waals surface area contributed by atoms with Crippen molar-refractivity contribution >= 4 is 35.8 Å². The van der Waals surface area contributed by atoms with E-state index >= 15 is 0 Å². The Bertz CT molecular complexity index is 719. The molecule has 5 nitrogen and oxygen atoms in total. The first kappa shape index (κ1) is 23.0. The Labute approximate surface area is 179 Å². The lowest BCUT2D eigenvalue weighted by Gasteiger charge is -2.12. The molecule has 0 bridgehead atoms. The smallest absolute Gasteiger partial charge is 0.251 e. The number of hydrogen-bond donors (Lipinski definition) is 3. The molecule has 3 N–H and O–H groups in total. The average Bonchev–Trinajstić information content (AvgIpc) is 2.66. The van der Waals surface area contributed by atoms with Gasteiger partial charge in [0, 0.05) is 31.7 Å². The number of carbonyl (C=O) groups is 1. The second-order valence-corrected chi connectivity index (χ2v) is 6.05. The molecule has 0 saturated heterocycles. The van der Waals surface area contributed by atoms with Gasteiger partial charge in [-0.1, -0.05) is 48.0 Å². The lowest BCUT2D eigenvalue weighted by atomic mass is 10.1. The third-order valence-electron chi connectivity index (χ3n) is 3.84. The first-order valence-corrected chi connectivity index (χ1v) is 9.10. The van der Waals surface area contributed by atoms with Crippen molar-refractivity contribution in [1.82, 2.24) is 16.0 Å². The van der Waals surface area contributed by atoms with Gasteiger partial charge in [0.2, 0.25) is 0 Å². The van der Waals surface area contributed by atoms with Crippen molar-refractivity contribution in [3.05, 3.63) is 71.3 Å². The van der Waals surface area contributed by atoms with Gasteiger partial charge in [-0.15, -0.1) is 24.0 Å². The maximum absolute atomic E-state index is 12.1. The number of benzene rings is 2. The quantitative estimate of drug-likeness (QED) is 0.236. The molecule has 0 fully saturated rings. The van der Waals surface area contributed by atoms with Gasteiger partial charge in [-0.25, -0.2) is 0 Å². The van der Waals surface area contributed by atoms with Crippen LogP contribution in [-0.2, 0) is 6.42 Å². The van der Waals surface area contributed by atoms with Crippen molar-refractivity contribution in [3.8, 4) is 0 Å². The number of nitrogens with one attached hydrogen (secondary N) is 3. The topological polar surface area (TPSA) is 65.5 Å². The van der Waals surface area contributed by atoms with E-state index in [0.29, 0.717) is 18.7 Å². The lowest BCUT2D eigenvalue weighted by Crippen LogP contribution is -2.41. The molecule has 2 aromatic carbocycles. The first-order chi connectivity index (χ1) is 12.7. The van der Waals surface area contributed by atoms with Crippen LogP contribution >= 0.6 is 24.0 Å². The van der Waals surface area contributed by atoms with Gasteiger partial charge in [0.25, 0.3) is 5.91 Å². The molecule has 6 heteroatoms. The second kappa shape index (κ2) is 13.1. The van der Waals surface area contributed by atoms with E-state index in [2.05, 4.69) is 33.1 Å². The number of amides is 1. The zero-order valence-electron chi connectivity index (χ0n) is 16.0. The Morgan fingerprint density at radius 2 is 1.70 bits per heavy atom. The summed E-state index contributed by atoms with van der Waals surface area (Å²) in [6.45, 7) is 6.69. The zero-order chi connectivity index (χ0) is 18.6. The number of rotatable bonds is 8. The highest BCUT2D eigenvalue weighted by atomic mass is 127. The van der Waals surface area contributed by atoms with Crippen LogP contribution in [0.4, 0.5) is 0 Å². The Hall–Kier alpha value is -2.09. The highest BCUT2D eigenvalue weighted by molar-refractivity contribution is 14.0. The summed E-state index contributed by atoms with van der Waals surface area (Å²) >= 11 is 0. The fourth-order valence-corrected chi connectivity index (χ4v) is 2.53. The molecule has 0 aromatic heterocycles. The van der Waals surface area contributed by atoms with Crippen LogP contribution in [0.2, 0.25) is 0 Å². The van der Waals surface area contributed by atoms with Gasteiger partial charge < -0.3 is 16.0 Å². The number of hydrogen-bond acceptors (Lipinski definition) is 2. The molecule has 0 atom stereocenters. The van der Waals surface area contributed by atoms with E-state index in [0.717, 1.165) is 31.0 Å². The summed E-state index contributed by atoms with van der Waals surface area (Å²) in [5.74, 6) is 0.717. The van der Waals surface area contributed by atoms with E-state index in [1.165, 1.54) is 5.56 Å². The molecule has 0 heterocycles. The number of halogens is 1. The Balaban J connectivity index is 0.00000364. The predicted octanol–water partition coefficient (Wildman–Crippen LogP) is 3.14. The van der Waals surface area contributed by atoms with E-state index in [4.69, 9.17) is 0 Å². The summed E-state index contributed by atoms with van der Waals surface area (Å²) in [6, 6.07) is 17.9. The SMILES string of the molecule is CCNC(=NCCc1ccccc1)NCCNC(=O)c1cccc(C)c1.I. The summed E-state index contributed by atoms with van der Waals surface area (Å²) in [5, 5.41) is 9.39. The number of nitrogens with zero attached hydrogens (tertiary/aromatic N) is 1. The minimum Gasteiger partial charge on any atom is -0.357 e. The van der Waals surface area contributed by atoms with E-state index in [1.807, 2.05) is 56.3 Å². The van der Waals surface area contributed by atoms with Gasteiger partial charge >= 0.3 is 0 Å². The number of aliphatic imine (C=N–C) groups is 1. The lowest BCUT2D eigenvalue weighted by molar-refractivity contribution is 0.0954. The van der Waals surface area contributed by atoms with Crippen molar-refractivity contribution in [1.29, 1.82) is 0 Å². The molecule has 0 radical (unpaired) electrons. The van der Waals surface area contributed by atoms with E-state index in [1.54, 1.807) is 0 Å². The molecule has 2 rings (SSSR count). The van der Waals surface area contributed by atoms with Gasteiger partial charge in [0.05, 0.1) is 0 Å². The van der Waals surface area contributed by atoms with Crippen LogP contribution in [0.15, 0.2) is 59.6 Å². The molecule has 0 aliphatic rings. The molecule has 0 aliphatic carbocycles. The Morgan fingerprint density at radius 3 is 2.41 bits per heavy atom. The molecule has 146 valence electrons. The Kier molecular flexibility index (Phi) is 11.2. The summed E-state index contributed by atoms with van der Waals surface area (Å²) < 4.78 is 0. The molecular weight excluding hydrogens is 451 g/mol.